The largest absolute Gasteiger partial charge is 0.464 e. The molecule has 1 aliphatic heterocycles. The summed E-state index contributed by atoms with van der Waals surface area (Å²) < 4.78 is 6.44. The number of fused-ring (bicyclic) bond motifs is 1. The molecule has 2 heterocycles. The van der Waals surface area contributed by atoms with Crippen LogP contribution in [0.2, 0.25) is 0 Å². The summed E-state index contributed by atoms with van der Waals surface area (Å²) in [5, 5.41) is 3.24. The monoisotopic (exact) mass is 466 g/mol. The van der Waals surface area contributed by atoms with Gasteiger partial charge in [-0.25, -0.2) is 9.78 Å². The van der Waals surface area contributed by atoms with Crippen molar-refractivity contribution in [3.8, 4) is 0 Å². The number of nitrogens with one attached hydrogen (secondary N) is 1. The van der Waals surface area contributed by atoms with Crippen molar-refractivity contribution in [2.45, 2.75) is 83.5 Å². The maximum atomic E-state index is 13.8. The molecule has 1 N–H and O–H groups in total. The Balaban J connectivity index is 1.69. The van der Waals surface area contributed by atoms with E-state index in [0.29, 0.717) is 0 Å². The van der Waals surface area contributed by atoms with E-state index < -0.39 is 17.4 Å². The van der Waals surface area contributed by atoms with Crippen LogP contribution in [-0.4, -0.2) is 50.9 Å². The minimum absolute atomic E-state index is 0.0231. The molecule has 8 heteroatoms. The molecule has 8 nitrogen and oxygen atoms in total. The molecule has 2 amide bonds. The summed E-state index contributed by atoms with van der Waals surface area (Å²) in [6.45, 7) is 4.36. The molecule has 1 fully saturated rings. The second-order valence-electron chi connectivity index (χ2n) is 9.56. The van der Waals surface area contributed by atoms with Gasteiger partial charge in [-0.1, -0.05) is 56.9 Å². The first-order valence-corrected chi connectivity index (χ1v) is 12.2. The lowest BCUT2D eigenvalue weighted by Gasteiger charge is -2.44. The predicted octanol–water partition coefficient (Wildman–Crippen LogP) is 3.49. The first kappa shape index (κ1) is 24.0. The lowest BCUT2D eigenvalue weighted by Crippen LogP contribution is -2.64. The van der Waals surface area contributed by atoms with Crippen LogP contribution in [0.4, 0.5) is 0 Å². The number of benzene rings is 1. The molecule has 0 radical (unpaired) electrons. The van der Waals surface area contributed by atoms with Gasteiger partial charge < -0.3 is 19.5 Å². The summed E-state index contributed by atoms with van der Waals surface area (Å²) in [7, 11) is 1.26. The van der Waals surface area contributed by atoms with Crippen LogP contribution < -0.4 is 5.32 Å². The van der Waals surface area contributed by atoms with Gasteiger partial charge >= 0.3 is 5.97 Å². The Morgan fingerprint density at radius 3 is 2.38 bits per heavy atom. The van der Waals surface area contributed by atoms with Gasteiger partial charge in [0.25, 0.3) is 5.91 Å². The first-order valence-electron chi connectivity index (χ1n) is 12.2. The fourth-order valence-electron chi connectivity index (χ4n) is 5.01. The van der Waals surface area contributed by atoms with E-state index in [-0.39, 0.29) is 36.4 Å². The van der Waals surface area contributed by atoms with Crippen molar-refractivity contribution < 1.29 is 19.1 Å². The lowest BCUT2D eigenvalue weighted by atomic mass is 9.92. The van der Waals surface area contributed by atoms with Gasteiger partial charge in [-0.2, -0.15) is 0 Å². The van der Waals surface area contributed by atoms with Gasteiger partial charge in [0.1, 0.15) is 11.2 Å². The molecule has 1 aliphatic carbocycles. The number of nitrogens with zero attached hydrogens (tertiary/aromatic N) is 3. The number of aryl methyl sites for hydroxylation is 1. The van der Waals surface area contributed by atoms with Gasteiger partial charge in [-0.3, -0.25) is 9.59 Å². The highest BCUT2D eigenvalue weighted by Crippen LogP contribution is 2.31. The Morgan fingerprint density at radius 1 is 1.12 bits per heavy atom. The van der Waals surface area contributed by atoms with Crippen molar-refractivity contribution >= 4 is 17.8 Å². The van der Waals surface area contributed by atoms with Crippen LogP contribution in [0.3, 0.4) is 0 Å². The second kappa shape index (κ2) is 9.99. The zero-order chi connectivity index (χ0) is 24.3. The molecule has 1 saturated carbocycles. The number of aromatic nitrogens is 2. The van der Waals surface area contributed by atoms with Crippen LogP contribution >= 0.6 is 0 Å². The third-order valence-corrected chi connectivity index (χ3v) is 7.19. The van der Waals surface area contributed by atoms with Crippen molar-refractivity contribution in [2.75, 3.05) is 7.11 Å². The fraction of sp³-hybridized carbons (Fsp3) is 0.538. The van der Waals surface area contributed by atoms with E-state index >= 15 is 0 Å². The number of imidazole rings is 1. The van der Waals surface area contributed by atoms with Crippen LogP contribution in [0.15, 0.2) is 30.6 Å². The summed E-state index contributed by atoms with van der Waals surface area (Å²) in [6, 6.07) is 8.17. The molecular weight excluding hydrogens is 432 g/mol. The van der Waals surface area contributed by atoms with Crippen molar-refractivity contribution in [1.29, 1.82) is 0 Å². The van der Waals surface area contributed by atoms with E-state index in [1.165, 1.54) is 31.8 Å². The van der Waals surface area contributed by atoms with Crippen LogP contribution in [0.1, 0.15) is 84.5 Å². The summed E-state index contributed by atoms with van der Waals surface area (Å²) in [6.07, 6.45) is 8.86. The number of hydrogen-bond donors (Lipinski definition) is 1. The van der Waals surface area contributed by atoms with Crippen LogP contribution in [0.5, 0.6) is 0 Å². The molecule has 1 aromatic heterocycles. The number of carbonyl (C=O) groups is 3. The summed E-state index contributed by atoms with van der Waals surface area (Å²) >= 11 is 0. The van der Waals surface area contributed by atoms with Gasteiger partial charge in [-0.05, 0) is 37.3 Å². The molecule has 2 aromatic rings. The average Bonchev–Trinajstić information content (AvgIpc) is 3.09. The highest BCUT2D eigenvalue weighted by atomic mass is 16.5. The normalized spacial score (nSPS) is 21.0. The minimum Gasteiger partial charge on any atom is -0.464 e. The number of hydrogen-bond acceptors (Lipinski definition) is 5. The molecule has 1 unspecified atom stereocenters. The minimum atomic E-state index is -1.13. The van der Waals surface area contributed by atoms with Gasteiger partial charge in [0.15, 0.2) is 5.69 Å². The van der Waals surface area contributed by atoms with Crippen molar-refractivity contribution in [3.05, 3.63) is 53.1 Å². The maximum absolute atomic E-state index is 13.8. The standard InChI is InChI=1S/C26H34N4O4/c1-4-18-11-13-19(14-12-18)15-30-23(31)22-21(24(32)34-3)27-17-29(22)16-26(30,2)25(33)28-20-9-7-5-6-8-10-20/h11-14,17,20H,4-10,15-16H2,1-3H3,(H,28,33). The predicted molar refractivity (Wildman–Crippen MR) is 127 cm³/mol. The van der Waals surface area contributed by atoms with Gasteiger partial charge in [0.2, 0.25) is 5.91 Å². The zero-order valence-corrected chi connectivity index (χ0v) is 20.3. The SMILES string of the molecule is CCc1ccc(CN2C(=O)c3c(C(=O)OC)ncn3CC2(C)C(=O)NC2CCCCCC2)cc1. The van der Waals surface area contributed by atoms with E-state index in [1.807, 2.05) is 24.3 Å². The molecule has 2 aliphatic rings. The van der Waals surface area contributed by atoms with Crippen molar-refractivity contribution in [3.63, 3.8) is 0 Å². The Morgan fingerprint density at radius 2 is 1.76 bits per heavy atom. The Labute approximate surface area is 200 Å². The van der Waals surface area contributed by atoms with Crippen LogP contribution in [0, 0.1) is 0 Å². The highest BCUT2D eigenvalue weighted by Gasteiger charge is 2.49. The fourth-order valence-corrected chi connectivity index (χ4v) is 5.01. The summed E-state index contributed by atoms with van der Waals surface area (Å²) in [4.78, 5) is 45.5. The summed E-state index contributed by atoms with van der Waals surface area (Å²) in [5.74, 6) is -1.24. The van der Waals surface area contributed by atoms with E-state index in [4.69, 9.17) is 4.74 Å². The second-order valence-corrected chi connectivity index (χ2v) is 9.56. The third kappa shape index (κ3) is 4.58. The molecule has 0 spiro atoms. The smallest absolute Gasteiger partial charge is 0.359 e. The zero-order valence-electron chi connectivity index (χ0n) is 20.3. The molecule has 1 aromatic carbocycles. The Kier molecular flexibility index (Phi) is 7.05. The van der Waals surface area contributed by atoms with E-state index in [0.717, 1.165) is 37.7 Å². The quantitative estimate of drug-likeness (QED) is 0.520. The van der Waals surface area contributed by atoms with Gasteiger partial charge in [0.05, 0.1) is 20.0 Å². The highest BCUT2D eigenvalue weighted by molar-refractivity contribution is 6.06. The molecule has 4 rings (SSSR count). The van der Waals surface area contributed by atoms with Gasteiger partial charge in [-0.15, -0.1) is 0 Å². The van der Waals surface area contributed by atoms with E-state index in [1.54, 1.807) is 16.4 Å². The maximum Gasteiger partial charge on any atom is 0.359 e. The molecule has 182 valence electrons. The number of methoxy groups -OCH3 is 1. The molecule has 1 atom stereocenters. The van der Waals surface area contributed by atoms with Crippen molar-refractivity contribution in [2.24, 2.45) is 0 Å². The third-order valence-electron chi connectivity index (χ3n) is 7.19. The Bertz CT molecular complexity index is 1050. The number of esters is 1. The number of rotatable bonds is 6. The lowest BCUT2D eigenvalue weighted by molar-refractivity contribution is -0.134. The molecule has 34 heavy (non-hydrogen) atoms. The topological polar surface area (TPSA) is 93.5 Å². The van der Waals surface area contributed by atoms with Crippen molar-refractivity contribution in [1.82, 2.24) is 19.8 Å². The van der Waals surface area contributed by atoms with E-state index in [9.17, 15) is 14.4 Å². The van der Waals surface area contributed by atoms with Crippen LogP contribution in [0.25, 0.3) is 0 Å². The summed E-state index contributed by atoms with van der Waals surface area (Å²) in [5.41, 5.74) is 1.13. The molecule has 0 bridgehead atoms. The average molecular weight is 467 g/mol. The number of amides is 2. The van der Waals surface area contributed by atoms with Gasteiger partial charge in [0, 0.05) is 12.6 Å². The van der Waals surface area contributed by atoms with E-state index in [2.05, 4.69) is 17.2 Å². The Hall–Kier alpha value is -3.16. The number of carbonyl (C=O) groups excluding carboxylic acids is 3. The molecular formula is C26H34N4O4. The first-order chi connectivity index (χ1) is 16.4. The van der Waals surface area contributed by atoms with Crippen LogP contribution in [-0.2, 0) is 29.0 Å². The molecule has 0 saturated heterocycles. The number of ether oxygens (including phenoxy) is 1.